The normalized spacial score (nSPS) is 11.3. The molecule has 1 aromatic carbocycles. The highest BCUT2D eigenvalue weighted by Crippen LogP contribution is 2.30. The number of ether oxygens (including phenoxy) is 1. The van der Waals surface area contributed by atoms with Crippen LogP contribution in [-0.2, 0) is 12.6 Å². The Bertz CT molecular complexity index is 701. The van der Waals surface area contributed by atoms with E-state index < -0.39 is 23.7 Å². The molecular weight excluding hydrogens is 304 g/mol. The van der Waals surface area contributed by atoms with Crippen LogP contribution in [0.4, 0.5) is 22.4 Å². The minimum Gasteiger partial charge on any atom is -0.391 e. The molecule has 2 rings (SSSR count). The van der Waals surface area contributed by atoms with Gasteiger partial charge in [0.1, 0.15) is 5.82 Å². The molecule has 0 saturated carbocycles. The number of pyridine rings is 1. The van der Waals surface area contributed by atoms with Gasteiger partial charge in [-0.2, -0.15) is 13.2 Å². The SMILES string of the molecule is NC(=O)Oc1cccc(Cc2ccc(C(F)(F)F)cc2F)n1. The van der Waals surface area contributed by atoms with Crippen molar-refractivity contribution in [3.63, 3.8) is 0 Å². The maximum absolute atomic E-state index is 13.7. The third-order valence-corrected chi connectivity index (χ3v) is 2.74. The van der Waals surface area contributed by atoms with Gasteiger partial charge in [0, 0.05) is 18.2 Å². The summed E-state index contributed by atoms with van der Waals surface area (Å²) in [7, 11) is 0. The number of benzene rings is 1. The lowest BCUT2D eigenvalue weighted by Gasteiger charge is -2.09. The summed E-state index contributed by atoms with van der Waals surface area (Å²) in [5, 5.41) is 0. The summed E-state index contributed by atoms with van der Waals surface area (Å²) in [6.07, 6.45) is -5.71. The Balaban J connectivity index is 2.22. The quantitative estimate of drug-likeness (QED) is 0.884. The molecule has 0 fully saturated rings. The zero-order chi connectivity index (χ0) is 16.3. The van der Waals surface area contributed by atoms with Gasteiger partial charge in [-0.05, 0) is 23.8 Å². The van der Waals surface area contributed by atoms with E-state index in [9.17, 15) is 22.4 Å². The molecule has 116 valence electrons. The van der Waals surface area contributed by atoms with Crippen LogP contribution in [0.5, 0.6) is 5.88 Å². The molecule has 0 aliphatic rings. The van der Waals surface area contributed by atoms with Crippen molar-refractivity contribution in [2.75, 3.05) is 0 Å². The zero-order valence-electron chi connectivity index (χ0n) is 11.0. The van der Waals surface area contributed by atoms with Crippen molar-refractivity contribution in [1.29, 1.82) is 0 Å². The molecule has 0 aliphatic carbocycles. The molecule has 1 heterocycles. The number of hydrogen-bond donors (Lipinski definition) is 1. The highest BCUT2D eigenvalue weighted by Gasteiger charge is 2.31. The second-order valence-electron chi connectivity index (χ2n) is 4.37. The van der Waals surface area contributed by atoms with Gasteiger partial charge >= 0.3 is 12.3 Å². The van der Waals surface area contributed by atoms with Gasteiger partial charge in [-0.3, -0.25) is 0 Å². The molecule has 0 atom stereocenters. The lowest BCUT2D eigenvalue weighted by Crippen LogP contribution is -2.17. The standard InChI is InChI=1S/C14H10F4N2O2/c15-11-7-9(14(16,17)18)5-4-8(11)6-10-2-1-3-12(20-10)22-13(19)21/h1-5,7H,6H2,(H2,19,21). The summed E-state index contributed by atoms with van der Waals surface area (Å²) in [5.74, 6) is -1.06. The molecule has 8 heteroatoms. The van der Waals surface area contributed by atoms with Crippen molar-refractivity contribution in [3.8, 4) is 5.88 Å². The van der Waals surface area contributed by atoms with E-state index in [1.165, 1.54) is 18.2 Å². The highest BCUT2D eigenvalue weighted by molar-refractivity contribution is 5.67. The molecule has 0 unspecified atom stereocenters. The molecule has 0 saturated heterocycles. The summed E-state index contributed by atoms with van der Waals surface area (Å²) >= 11 is 0. The summed E-state index contributed by atoms with van der Waals surface area (Å²) in [6, 6.07) is 6.66. The van der Waals surface area contributed by atoms with E-state index in [1.807, 2.05) is 0 Å². The molecule has 0 spiro atoms. The minimum atomic E-state index is -4.60. The second kappa shape index (κ2) is 6.00. The molecule has 0 radical (unpaired) electrons. The highest BCUT2D eigenvalue weighted by atomic mass is 19.4. The van der Waals surface area contributed by atoms with Crippen molar-refractivity contribution >= 4 is 6.09 Å². The number of hydrogen-bond acceptors (Lipinski definition) is 3. The Kier molecular flexibility index (Phi) is 4.30. The van der Waals surface area contributed by atoms with Crippen LogP contribution in [0, 0.1) is 5.82 Å². The summed E-state index contributed by atoms with van der Waals surface area (Å²) in [4.78, 5) is 14.5. The fourth-order valence-electron chi connectivity index (χ4n) is 1.78. The number of alkyl halides is 3. The van der Waals surface area contributed by atoms with E-state index in [4.69, 9.17) is 5.73 Å². The molecule has 1 amide bonds. The maximum Gasteiger partial charge on any atom is 0.416 e. The van der Waals surface area contributed by atoms with Crippen molar-refractivity contribution in [1.82, 2.24) is 4.98 Å². The number of nitrogens with zero attached hydrogens (tertiary/aromatic N) is 1. The van der Waals surface area contributed by atoms with Crippen molar-refractivity contribution < 1.29 is 27.1 Å². The number of halogens is 4. The van der Waals surface area contributed by atoms with Gasteiger partial charge in [-0.25, -0.2) is 14.2 Å². The Hall–Kier alpha value is -2.64. The number of aromatic nitrogens is 1. The van der Waals surface area contributed by atoms with Gasteiger partial charge in [-0.1, -0.05) is 12.1 Å². The van der Waals surface area contributed by atoms with Crippen molar-refractivity contribution in [2.24, 2.45) is 5.73 Å². The molecule has 4 nitrogen and oxygen atoms in total. The van der Waals surface area contributed by atoms with Crippen LogP contribution < -0.4 is 10.5 Å². The number of carbonyl (C=O) groups excluding carboxylic acids is 1. The first-order valence-electron chi connectivity index (χ1n) is 6.04. The third kappa shape index (κ3) is 3.94. The molecule has 2 N–H and O–H groups in total. The van der Waals surface area contributed by atoms with E-state index in [2.05, 4.69) is 9.72 Å². The summed E-state index contributed by atoms with van der Waals surface area (Å²) in [6.45, 7) is 0. The van der Waals surface area contributed by atoms with Crippen LogP contribution in [0.3, 0.4) is 0 Å². The minimum absolute atomic E-state index is 0.0386. The van der Waals surface area contributed by atoms with Gasteiger partial charge in [0.25, 0.3) is 0 Å². The largest absolute Gasteiger partial charge is 0.416 e. The number of carbonyl (C=O) groups is 1. The Morgan fingerprint density at radius 1 is 1.23 bits per heavy atom. The monoisotopic (exact) mass is 314 g/mol. The number of nitrogens with two attached hydrogens (primary N) is 1. The van der Waals surface area contributed by atoms with E-state index in [0.717, 1.165) is 12.1 Å². The summed E-state index contributed by atoms with van der Waals surface area (Å²) < 4.78 is 55.7. The van der Waals surface area contributed by atoms with Gasteiger partial charge in [0.05, 0.1) is 5.56 Å². The Labute approximate surface area is 122 Å². The van der Waals surface area contributed by atoms with Crippen LogP contribution in [0.2, 0.25) is 0 Å². The maximum atomic E-state index is 13.7. The molecule has 2 aromatic rings. The van der Waals surface area contributed by atoms with Crippen molar-refractivity contribution in [2.45, 2.75) is 12.6 Å². The fraction of sp³-hybridized carbons (Fsp3) is 0.143. The second-order valence-corrected chi connectivity index (χ2v) is 4.37. The van der Waals surface area contributed by atoms with E-state index in [-0.39, 0.29) is 17.9 Å². The first-order chi connectivity index (χ1) is 10.3. The summed E-state index contributed by atoms with van der Waals surface area (Å²) in [5.41, 5.74) is 4.13. The lowest BCUT2D eigenvalue weighted by molar-refractivity contribution is -0.137. The van der Waals surface area contributed by atoms with E-state index in [0.29, 0.717) is 11.8 Å². The van der Waals surface area contributed by atoms with E-state index >= 15 is 0 Å². The molecule has 0 aliphatic heterocycles. The number of rotatable bonds is 3. The van der Waals surface area contributed by atoms with Gasteiger partial charge in [-0.15, -0.1) is 0 Å². The average molecular weight is 314 g/mol. The predicted molar refractivity (Wildman–Crippen MR) is 68.7 cm³/mol. The lowest BCUT2D eigenvalue weighted by atomic mass is 10.1. The van der Waals surface area contributed by atoms with Gasteiger partial charge in [0.2, 0.25) is 5.88 Å². The molecular formula is C14H10F4N2O2. The Morgan fingerprint density at radius 2 is 1.95 bits per heavy atom. The first-order valence-corrected chi connectivity index (χ1v) is 6.04. The topological polar surface area (TPSA) is 65.2 Å². The first kappa shape index (κ1) is 15.7. The Morgan fingerprint density at radius 3 is 2.55 bits per heavy atom. The van der Waals surface area contributed by atoms with E-state index in [1.54, 1.807) is 0 Å². The van der Waals surface area contributed by atoms with Crippen molar-refractivity contribution in [3.05, 3.63) is 59.0 Å². The average Bonchev–Trinajstić information content (AvgIpc) is 2.39. The zero-order valence-corrected chi connectivity index (χ0v) is 11.0. The van der Waals surface area contributed by atoms with Crippen LogP contribution in [0.25, 0.3) is 0 Å². The third-order valence-electron chi connectivity index (χ3n) is 2.74. The van der Waals surface area contributed by atoms with Gasteiger partial charge in [0.15, 0.2) is 0 Å². The van der Waals surface area contributed by atoms with Crippen LogP contribution in [-0.4, -0.2) is 11.1 Å². The van der Waals surface area contributed by atoms with Gasteiger partial charge < -0.3 is 10.5 Å². The molecule has 0 bridgehead atoms. The smallest absolute Gasteiger partial charge is 0.391 e. The number of amides is 1. The molecule has 22 heavy (non-hydrogen) atoms. The predicted octanol–water partition coefficient (Wildman–Crippen LogP) is 3.29. The van der Waals surface area contributed by atoms with Crippen LogP contribution in [0.15, 0.2) is 36.4 Å². The molecule has 1 aromatic heterocycles. The fourth-order valence-corrected chi connectivity index (χ4v) is 1.78. The number of primary amides is 1. The van der Waals surface area contributed by atoms with Crippen LogP contribution in [0.1, 0.15) is 16.8 Å². The van der Waals surface area contributed by atoms with Crippen LogP contribution >= 0.6 is 0 Å².